The van der Waals surface area contributed by atoms with Crippen molar-refractivity contribution in [2.75, 3.05) is 16.4 Å². The van der Waals surface area contributed by atoms with Crippen LogP contribution in [-0.2, 0) is 0 Å². The van der Waals surface area contributed by atoms with Gasteiger partial charge in [-0.05, 0) is 36.8 Å². The highest BCUT2D eigenvalue weighted by atomic mass is 35.5. The number of hydrogen-bond acceptors (Lipinski definition) is 6. The monoisotopic (exact) mass is 376 g/mol. The Labute approximate surface area is 161 Å². The van der Waals surface area contributed by atoms with Gasteiger partial charge in [-0.3, -0.25) is 4.98 Å². The fourth-order valence-corrected chi connectivity index (χ4v) is 2.92. The number of para-hydroxylation sites is 1. The molecule has 0 aliphatic rings. The normalized spacial score (nSPS) is 10.7. The molecule has 0 radical (unpaired) electrons. The molecule has 7 heteroatoms. The van der Waals surface area contributed by atoms with Crippen LogP contribution in [0.3, 0.4) is 0 Å². The summed E-state index contributed by atoms with van der Waals surface area (Å²) in [4.78, 5) is 13.0. The molecule has 0 unspecified atom stereocenters. The zero-order valence-electron chi connectivity index (χ0n) is 14.6. The summed E-state index contributed by atoms with van der Waals surface area (Å²) >= 11 is 6.19. The van der Waals surface area contributed by atoms with Gasteiger partial charge in [-0.15, -0.1) is 0 Å². The minimum Gasteiger partial charge on any atom is -0.393 e. The lowest BCUT2D eigenvalue weighted by Crippen LogP contribution is -2.05. The molecule has 0 spiro atoms. The number of halogens is 1. The second-order valence-electron chi connectivity index (χ2n) is 6.08. The molecule has 4 rings (SSSR count). The van der Waals surface area contributed by atoms with Crippen LogP contribution in [0.5, 0.6) is 0 Å². The standard InChI is InChI=1S/C20H17ClN6/c1-12-7-8-14(10-15(12)21)26-19-17(22)20(25-11-24-19)27-16-6-2-4-13-5-3-9-23-18(13)16/h2-11H,22H2,1H3,(H2,24,25,26,27). The van der Waals surface area contributed by atoms with E-state index >= 15 is 0 Å². The van der Waals surface area contributed by atoms with Gasteiger partial charge in [0.05, 0.1) is 11.2 Å². The lowest BCUT2D eigenvalue weighted by atomic mass is 10.2. The Morgan fingerprint density at radius 3 is 2.52 bits per heavy atom. The van der Waals surface area contributed by atoms with Crippen LogP contribution in [0.15, 0.2) is 61.1 Å². The molecular formula is C20H17ClN6. The van der Waals surface area contributed by atoms with Crippen molar-refractivity contribution < 1.29 is 0 Å². The Morgan fingerprint density at radius 2 is 1.70 bits per heavy atom. The highest BCUT2D eigenvalue weighted by Crippen LogP contribution is 2.31. The van der Waals surface area contributed by atoms with Gasteiger partial charge in [0.15, 0.2) is 11.6 Å². The van der Waals surface area contributed by atoms with Crippen molar-refractivity contribution in [2.24, 2.45) is 0 Å². The number of nitrogen functional groups attached to an aromatic ring is 1. The van der Waals surface area contributed by atoms with Crippen LogP contribution >= 0.6 is 11.6 Å². The lowest BCUT2D eigenvalue weighted by Gasteiger charge is -2.14. The molecule has 0 saturated heterocycles. The highest BCUT2D eigenvalue weighted by Gasteiger charge is 2.11. The number of nitrogens with zero attached hydrogens (tertiary/aromatic N) is 3. The number of rotatable bonds is 4. The lowest BCUT2D eigenvalue weighted by molar-refractivity contribution is 1.17. The first-order chi connectivity index (χ1) is 13.1. The van der Waals surface area contributed by atoms with Crippen molar-refractivity contribution in [3.8, 4) is 0 Å². The molecular weight excluding hydrogens is 360 g/mol. The van der Waals surface area contributed by atoms with Crippen LogP contribution in [0.25, 0.3) is 10.9 Å². The number of nitrogens with two attached hydrogens (primary N) is 1. The molecule has 4 aromatic rings. The Morgan fingerprint density at radius 1 is 0.926 bits per heavy atom. The predicted molar refractivity (Wildman–Crippen MR) is 111 cm³/mol. The number of benzene rings is 2. The SMILES string of the molecule is Cc1ccc(Nc2ncnc(Nc3cccc4cccnc34)c2N)cc1Cl. The molecule has 0 fully saturated rings. The molecule has 27 heavy (non-hydrogen) atoms. The minimum absolute atomic E-state index is 0.405. The van der Waals surface area contributed by atoms with E-state index in [4.69, 9.17) is 17.3 Å². The number of nitrogens with one attached hydrogen (secondary N) is 2. The molecule has 0 bridgehead atoms. The van der Waals surface area contributed by atoms with Gasteiger partial charge in [0.1, 0.15) is 12.0 Å². The maximum absolute atomic E-state index is 6.29. The summed E-state index contributed by atoms with van der Waals surface area (Å²) in [7, 11) is 0. The first-order valence-electron chi connectivity index (χ1n) is 8.36. The fraction of sp³-hybridized carbons (Fsp3) is 0.0500. The summed E-state index contributed by atoms with van der Waals surface area (Å²) in [5.74, 6) is 1.00. The second-order valence-corrected chi connectivity index (χ2v) is 6.49. The van der Waals surface area contributed by atoms with Crippen molar-refractivity contribution >= 4 is 51.2 Å². The number of aromatic nitrogens is 3. The molecule has 4 N–H and O–H groups in total. The zero-order valence-corrected chi connectivity index (χ0v) is 15.3. The van der Waals surface area contributed by atoms with Crippen molar-refractivity contribution in [1.29, 1.82) is 0 Å². The van der Waals surface area contributed by atoms with Crippen molar-refractivity contribution in [1.82, 2.24) is 15.0 Å². The average molecular weight is 377 g/mol. The first-order valence-corrected chi connectivity index (χ1v) is 8.74. The number of hydrogen-bond donors (Lipinski definition) is 3. The van der Waals surface area contributed by atoms with Crippen molar-refractivity contribution in [3.05, 3.63) is 71.6 Å². The van der Waals surface area contributed by atoms with Crippen LogP contribution in [0.4, 0.5) is 28.7 Å². The Kier molecular flexibility index (Phi) is 4.48. The number of anilines is 5. The van der Waals surface area contributed by atoms with Gasteiger partial charge in [-0.25, -0.2) is 9.97 Å². The topological polar surface area (TPSA) is 88.8 Å². The van der Waals surface area contributed by atoms with E-state index in [0.29, 0.717) is 22.3 Å². The van der Waals surface area contributed by atoms with Crippen LogP contribution in [0.1, 0.15) is 5.56 Å². The zero-order chi connectivity index (χ0) is 18.8. The quantitative estimate of drug-likeness (QED) is 0.461. The van der Waals surface area contributed by atoms with E-state index in [9.17, 15) is 0 Å². The third kappa shape index (κ3) is 3.47. The van der Waals surface area contributed by atoms with E-state index in [2.05, 4.69) is 25.6 Å². The van der Waals surface area contributed by atoms with E-state index in [1.54, 1.807) is 6.20 Å². The molecule has 0 atom stereocenters. The highest BCUT2D eigenvalue weighted by molar-refractivity contribution is 6.31. The fourth-order valence-electron chi connectivity index (χ4n) is 2.73. The predicted octanol–water partition coefficient (Wildman–Crippen LogP) is 5.06. The van der Waals surface area contributed by atoms with E-state index in [-0.39, 0.29) is 0 Å². The summed E-state index contributed by atoms with van der Waals surface area (Å²) in [5.41, 5.74) is 10.2. The maximum Gasteiger partial charge on any atom is 0.159 e. The van der Waals surface area contributed by atoms with Gasteiger partial charge in [-0.1, -0.05) is 35.9 Å². The molecule has 2 aromatic carbocycles. The number of aryl methyl sites for hydroxylation is 1. The third-order valence-corrected chi connectivity index (χ3v) is 4.61. The summed E-state index contributed by atoms with van der Waals surface area (Å²) in [6, 6.07) is 15.5. The smallest absolute Gasteiger partial charge is 0.159 e. The molecule has 0 aliphatic carbocycles. The van der Waals surface area contributed by atoms with Crippen molar-refractivity contribution in [2.45, 2.75) is 6.92 Å². The van der Waals surface area contributed by atoms with Gasteiger partial charge in [-0.2, -0.15) is 0 Å². The summed E-state index contributed by atoms with van der Waals surface area (Å²) in [6.45, 7) is 1.95. The number of fused-ring (bicyclic) bond motifs is 1. The Bertz CT molecular complexity index is 1120. The van der Waals surface area contributed by atoms with Crippen molar-refractivity contribution in [3.63, 3.8) is 0 Å². The van der Waals surface area contributed by atoms with Gasteiger partial charge < -0.3 is 16.4 Å². The van der Waals surface area contributed by atoms with E-state index in [1.807, 2.05) is 55.5 Å². The average Bonchev–Trinajstić information content (AvgIpc) is 2.68. The van der Waals surface area contributed by atoms with E-state index in [1.165, 1.54) is 6.33 Å². The Hall–Kier alpha value is -3.38. The molecule has 2 aromatic heterocycles. The van der Waals surface area contributed by atoms with Crippen LogP contribution in [0, 0.1) is 6.92 Å². The first kappa shape index (κ1) is 17.1. The van der Waals surface area contributed by atoms with Gasteiger partial charge >= 0.3 is 0 Å². The maximum atomic E-state index is 6.29. The van der Waals surface area contributed by atoms with Gasteiger partial charge in [0, 0.05) is 22.3 Å². The summed E-state index contributed by atoms with van der Waals surface area (Å²) < 4.78 is 0. The molecule has 134 valence electrons. The Balaban J connectivity index is 1.66. The van der Waals surface area contributed by atoms with Crippen LogP contribution in [-0.4, -0.2) is 15.0 Å². The molecule has 2 heterocycles. The third-order valence-electron chi connectivity index (χ3n) is 4.20. The van der Waals surface area contributed by atoms with Crippen LogP contribution in [0.2, 0.25) is 5.02 Å². The second kappa shape index (κ2) is 7.09. The molecule has 6 nitrogen and oxygen atoms in total. The van der Waals surface area contributed by atoms with Crippen LogP contribution < -0.4 is 16.4 Å². The minimum atomic E-state index is 0.405. The summed E-state index contributed by atoms with van der Waals surface area (Å²) in [6.07, 6.45) is 3.21. The number of pyridine rings is 1. The van der Waals surface area contributed by atoms with E-state index < -0.39 is 0 Å². The largest absolute Gasteiger partial charge is 0.393 e. The molecule has 0 aliphatic heterocycles. The van der Waals surface area contributed by atoms with E-state index in [0.717, 1.165) is 27.8 Å². The van der Waals surface area contributed by atoms with Gasteiger partial charge in [0.25, 0.3) is 0 Å². The molecule has 0 saturated carbocycles. The summed E-state index contributed by atoms with van der Waals surface area (Å²) in [5, 5.41) is 8.15. The van der Waals surface area contributed by atoms with Gasteiger partial charge in [0.2, 0.25) is 0 Å². The molecule has 0 amide bonds.